The lowest BCUT2D eigenvalue weighted by Crippen LogP contribution is -2.23. The summed E-state index contributed by atoms with van der Waals surface area (Å²) in [7, 11) is 0. The van der Waals surface area contributed by atoms with Crippen LogP contribution >= 0.6 is 23.1 Å². The number of benzene rings is 2. The Hall–Kier alpha value is -3.56. The third kappa shape index (κ3) is 4.37. The van der Waals surface area contributed by atoms with E-state index < -0.39 is 0 Å². The van der Waals surface area contributed by atoms with Gasteiger partial charge in [-0.25, -0.2) is 4.98 Å². The second-order valence-corrected chi connectivity index (χ2v) is 9.19. The summed E-state index contributed by atoms with van der Waals surface area (Å²) in [5.41, 5.74) is 2.14. The molecule has 3 heterocycles. The van der Waals surface area contributed by atoms with Crippen molar-refractivity contribution in [2.75, 3.05) is 17.9 Å². The topological polar surface area (TPSA) is 82.5 Å². The van der Waals surface area contributed by atoms with E-state index in [9.17, 15) is 9.59 Å². The van der Waals surface area contributed by atoms with Crippen LogP contribution in [0.1, 0.15) is 0 Å². The molecule has 0 fully saturated rings. The first-order valence-electron chi connectivity index (χ1n) is 10.2. The molecule has 5 rings (SSSR count). The standard InChI is InChI=1S/C24H19N3O4S2/c1-2-10-27-23(29)22-17(12-20(33-22)15-6-4-3-5-7-15)26-24(27)32-13-21(28)25-16-8-9-18-19(11-16)31-14-30-18/h2-9,11-12H,1,10,13-14H2,(H,25,28). The molecule has 0 saturated heterocycles. The van der Waals surface area contributed by atoms with Gasteiger partial charge in [0.1, 0.15) is 4.70 Å². The van der Waals surface area contributed by atoms with E-state index in [0.717, 1.165) is 10.4 Å². The van der Waals surface area contributed by atoms with E-state index in [2.05, 4.69) is 11.9 Å². The summed E-state index contributed by atoms with van der Waals surface area (Å²) >= 11 is 2.64. The summed E-state index contributed by atoms with van der Waals surface area (Å²) in [4.78, 5) is 31.4. The average Bonchev–Trinajstić information content (AvgIpc) is 3.47. The van der Waals surface area contributed by atoms with E-state index in [1.165, 1.54) is 23.1 Å². The van der Waals surface area contributed by atoms with Crippen LogP contribution in [0.2, 0.25) is 0 Å². The molecule has 1 N–H and O–H groups in total. The molecular formula is C24H19N3O4S2. The number of carbonyl (C=O) groups excluding carboxylic acids is 1. The van der Waals surface area contributed by atoms with Crippen LogP contribution in [0.5, 0.6) is 11.5 Å². The summed E-state index contributed by atoms with van der Waals surface area (Å²) in [5, 5.41) is 3.32. The third-order valence-electron chi connectivity index (χ3n) is 4.96. The number of anilines is 1. The molecule has 4 aromatic rings. The van der Waals surface area contributed by atoms with Crippen LogP contribution in [0.4, 0.5) is 5.69 Å². The van der Waals surface area contributed by atoms with E-state index in [1.807, 2.05) is 36.4 Å². The molecule has 1 amide bonds. The fourth-order valence-corrected chi connectivity index (χ4v) is 5.30. The van der Waals surface area contributed by atoms with Gasteiger partial charge in [0.25, 0.3) is 5.56 Å². The van der Waals surface area contributed by atoms with Gasteiger partial charge >= 0.3 is 0 Å². The van der Waals surface area contributed by atoms with Crippen LogP contribution < -0.4 is 20.3 Å². The molecule has 1 aliphatic rings. The minimum Gasteiger partial charge on any atom is -0.454 e. The number of hydrogen-bond donors (Lipinski definition) is 1. The van der Waals surface area contributed by atoms with Gasteiger partial charge in [-0.05, 0) is 23.8 Å². The first kappa shape index (κ1) is 21.3. The molecular weight excluding hydrogens is 458 g/mol. The van der Waals surface area contributed by atoms with Gasteiger partial charge in [0.15, 0.2) is 16.7 Å². The monoisotopic (exact) mass is 477 g/mol. The second kappa shape index (κ2) is 9.13. The Kier molecular flexibility index (Phi) is 5.89. The number of nitrogens with zero attached hydrogens (tertiary/aromatic N) is 2. The summed E-state index contributed by atoms with van der Waals surface area (Å²) < 4.78 is 12.8. The largest absolute Gasteiger partial charge is 0.454 e. The molecule has 7 nitrogen and oxygen atoms in total. The molecule has 0 spiro atoms. The molecule has 1 aliphatic heterocycles. The lowest BCUT2D eigenvalue weighted by Gasteiger charge is -2.10. The van der Waals surface area contributed by atoms with Gasteiger partial charge in [0, 0.05) is 23.2 Å². The van der Waals surface area contributed by atoms with Crippen molar-refractivity contribution in [3.8, 4) is 21.9 Å². The second-order valence-electron chi connectivity index (χ2n) is 7.19. The van der Waals surface area contributed by atoms with Gasteiger partial charge in [-0.2, -0.15) is 0 Å². The number of thioether (sulfide) groups is 1. The molecule has 0 unspecified atom stereocenters. The van der Waals surface area contributed by atoms with Crippen LogP contribution in [-0.2, 0) is 11.3 Å². The predicted molar refractivity (Wildman–Crippen MR) is 131 cm³/mol. The molecule has 2 aromatic heterocycles. The zero-order chi connectivity index (χ0) is 22.8. The Balaban J connectivity index is 1.38. The van der Waals surface area contributed by atoms with Crippen molar-refractivity contribution >= 4 is 44.9 Å². The Labute approximate surface area is 197 Å². The number of amides is 1. The Morgan fingerprint density at radius 2 is 2.00 bits per heavy atom. The van der Waals surface area contributed by atoms with E-state index in [1.54, 1.807) is 28.8 Å². The van der Waals surface area contributed by atoms with Crippen LogP contribution in [0.25, 0.3) is 20.7 Å². The molecule has 0 aliphatic carbocycles. The van der Waals surface area contributed by atoms with E-state index in [0.29, 0.717) is 39.1 Å². The molecule has 166 valence electrons. The number of allylic oxidation sites excluding steroid dienone is 1. The van der Waals surface area contributed by atoms with E-state index in [-0.39, 0.29) is 24.0 Å². The van der Waals surface area contributed by atoms with Crippen molar-refractivity contribution in [2.45, 2.75) is 11.7 Å². The van der Waals surface area contributed by atoms with Crippen molar-refractivity contribution < 1.29 is 14.3 Å². The average molecular weight is 478 g/mol. The Bertz CT molecular complexity index is 1410. The fraction of sp³-hybridized carbons (Fsp3) is 0.125. The first-order valence-corrected chi connectivity index (χ1v) is 12.0. The Morgan fingerprint density at radius 1 is 1.18 bits per heavy atom. The predicted octanol–water partition coefficient (Wildman–Crippen LogP) is 4.77. The highest BCUT2D eigenvalue weighted by molar-refractivity contribution is 7.99. The van der Waals surface area contributed by atoms with Crippen LogP contribution in [0, 0.1) is 0 Å². The van der Waals surface area contributed by atoms with Gasteiger partial charge in [-0.1, -0.05) is 48.2 Å². The summed E-state index contributed by atoms with van der Waals surface area (Å²) in [6.07, 6.45) is 1.65. The minimum absolute atomic E-state index is 0.0964. The highest BCUT2D eigenvalue weighted by Gasteiger charge is 2.17. The summed E-state index contributed by atoms with van der Waals surface area (Å²) in [6.45, 7) is 4.24. The number of rotatable bonds is 7. The van der Waals surface area contributed by atoms with Crippen LogP contribution in [0.15, 0.2) is 77.2 Å². The zero-order valence-corrected chi connectivity index (χ0v) is 19.1. The maximum atomic E-state index is 13.2. The molecule has 2 aromatic carbocycles. The number of ether oxygens (including phenoxy) is 2. The van der Waals surface area contributed by atoms with Crippen molar-refractivity contribution in [3.63, 3.8) is 0 Å². The first-order chi connectivity index (χ1) is 16.1. The molecule has 0 saturated carbocycles. The minimum atomic E-state index is -0.214. The van der Waals surface area contributed by atoms with Crippen LogP contribution in [-0.4, -0.2) is 28.0 Å². The van der Waals surface area contributed by atoms with Gasteiger partial charge in [0.2, 0.25) is 12.7 Å². The fourth-order valence-electron chi connectivity index (χ4n) is 3.44. The Morgan fingerprint density at radius 3 is 2.82 bits per heavy atom. The lowest BCUT2D eigenvalue weighted by atomic mass is 10.2. The van der Waals surface area contributed by atoms with Crippen molar-refractivity contribution in [1.29, 1.82) is 0 Å². The smallest absolute Gasteiger partial charge is 0.272 e. The lowest BCUT2D eigenvalue weighted by molar-refractivity contribution is -0.113. The third-order valence-corrected chi connectivity index (χ3v) is 7.10. The maximum Gasteiger partial charge on any atom is 0.272 e. The van der Waals surface area contributed by atoms with Crippen molar-refractivity contribution in [3.05, 3.63) is 77.6 Å². The van der Waals surface area contributed by atoms with Gasteiger partial charge in [-0.3, -0.25) is 14.2 Å². The number of hydrogen-bond acceptors (Lipinski definition) is 7. The van der Waals surface area contributed by atoms with E-state index >= 15 is 0 Å². The molecule has 33 heavy (non-hydrogen) atoms. The normalized spacial score (nSPS) is 12.1. The van der Waals surface area contributed by atoms with Crippen LogP contribution in [0.3, 0.4) is 0 Å². The zero-order valence-electron chi connectivity index (χ0n) is 17.4. The molecule has 0 bridgehead atoms. The van der Waals surface area contributed by atoms with Gasteiger partial charge in [-0.15, -0.1) is 17.9 Å². The molecule has 0 radical (unpaired) electrons. The number of fused-ring (bicyclic) bond motifs is 2. The molecule has 9 heteroatoms. The van der Waals surface area contributed by atoms with Crippen molar-refractivity contribution in [1.82, 2.24) is 9.55 Å². The van der Waals surface area contributed by atoms with Gasteiger partial charge in [0.05, 0.1) is 11.3 Å². The summed E-state index contributed by atoms with van der Waals surface area (Å²) in [6, 6.07) is 17.0. The number of nitrogens with one attached hydrogen (secondary N) is 1. The molecule has 0 atom stereocenters. The summed E-state index contributed by atoms with van der Waals surface area (Å²) in [5.74, 6) is 1.13. The number of aromatic nitrogens is 2. The SMILES string of the molecule is C=CCn1c(SCC(=O)Nc2ccc3c(c2)OCO3)nc2cc(-c3ccccc3)sc2c1=O. The highest BCUT2D eigenvalue weighted by Crippen LogP contribution is 2.34. The van der Waals surface area contributed by atoms with Crippen molar-refractivity contribution in [2.24, 2.45) is 0 Å². The number of thiophene rings is 1. The maximum absolute atomic E-state index is 13.2. The highest BCUT2D eigenvalue weighted by atomic mass is 32.2. The van der Waals surface area contributed by atoms with Gasteiger partial charge < -0.3 is 14.8 Å². The number of carbonyl (C=O) groups is 1. The van der Waals surface area contributed by atoms with E-state index in [4.69, 9.17) is 14.5 Å². The quantitative estimate of drug-likeness (QED) is 0.235.